The first-order valence-electron chi connectivity index (χ1n) is 7.71. The van der Waals surface area contributed by atoms with Crippen molar-refractivity contribution in [3.05, 3.63) is 35.8 Å². The Labute approximate surface area is 147 Å². The smallest absolute Gasteiger partial charge is 0.352 e. The molecule has 4 rings (SSSR count). The molecule has 4 heterocycles. The number of ether oxygens (including phenoxy) is 1. The summed E-state index contributed by atoms with van der Waals surface area (Å²) >= 11 is 1.46. The van der Waals surface area contributed by atoms with Gasteiger partial charge in [0.25, 0.3) is 5.91 Å². The van der Waals surface area contributed by atoms with Gasteiger partial charge in [0.15, 0.2) is 0 Å². The van der Waals surface area contributed by atoms with Gasteiger partial charge in [0.05, 0.1) is 6.04 Å². The van der Waals surface area contributed by atoms with Crippen molar-refractivity contribution >= 4 is 29.5 Å². The Hall–Kier alpha value is -2.39. The molecule has 2 fully saturated rings. The number of pyridine rings is 1. The van der Waals surface area contributed by atoms with Crippen molar-refractivity contribution in [1.82, 2.24) is 14.8 Å². The molecule has 0 bridgehead atoms. The zero-order valence-corrected chi connectivity index (χ0v) is 14.1. The summed E-state index contributed by atoms with van der Waals surface area (Å²) in [5.74, 6) is -1.36. The Bertz CT molecular complexity index is 796. The predicted octanol–water partition coefficient (Wildman–Crippen LogP) is 0.310. The summed E-state index contributed by atoms with van der Waals surface area (Å²) < 4.78 is 5.77. The molecule has 3 atom stereocenters. The van der Waals surface area contributed by atoms with E-state index in [1.807, 2.05) is 12.1 Å². The minimum Gasteiger partial charge on any atom is -0.477 e. The summed E-state index contributed by atoms with van der Waals surface area (Å²) in [6, 6.07) is 2.60. The monoisotopic (exact) mass is 361 g/mol. The van der Waals surface area contributed by atoms with Crippen molar-refractivity contribution in [2.75, 3.05) is 12.5 Å². The van der Waals surface area contributed by atoms with E-state index in [1.54, 1.807) is 12.4 Å². The number of carbonyl (C=O) groups is 3. The lowest BCUT2D eigenvalue weighted by molar-refractivity contribution is -0.192. The van der Waals surface area contributed by atoms with E-state index in [0.717, 1.165) is 4.90 Å². The summed E-state index contributed by atoms with van der Waals surface area (Å²) in [6.07, 6.45) is 2.84. The molecule has 0 aromatic carbocycles. The van der Waals surface area contributed by atoms with Gasteiger partial charge in [-0.1, -0.05) is 0 Å². The fourth-order valence-electron chi connectivity index (χ4n) is 3.58. The molecule has 25 heavy (non-hydrogen) atoms. The fourth-order valence-corrected chi connectivity index (χ4v) is 4.52. The van der Waals surface area contributed by atoms with Crippen LogP contribution in [0.3, 0.4) is 0 Å². The Morgan fingerprint density at radius 1 is 1.40 bits per heavy atom. The predicted molar refractivity (Wildman–Crippen MR) is 86.3 cm³/mol. The molecule has 0 radical (unpaired) electrons. The highest BCUT2D eigenvalue weighted by molar-refractivity contribution is 7.99. The molecule has 3 aliphatic rings. The summed E-state index contributed by atoms with van der Waals surface area (Å²) in [5.41, 5.74) is 0.571. The molecule has 1 aromatic heterocycles. The summed E-state index contributed by atoms with van der Waals surface area (Å²) in [5, 5.41) is 9.61. The number of aromatic nitrogens is 1. The second kappa shape index (κ2) is 5.85. The lowest BCUT2D eigenvalue weighted by atomic mass is 9.89. The SMILES string of the molecule is CC(=O)N1COC2C(CSc3ccncc3)=C(C(=O)O)N3C(=O)[C@@H]1[C@@H]23. The van der Waals surface area contributed by atoms with E-state index >= 15 is 0 Å². The fraction of sp³-hybridized carbons (Fsp3) is 0.375. The number of carboxylic acids is 1. The van der Waals surface area contributed by atoms with Crippen molar-refractivity contribution in [2.24, 2.45) is 0 Å². The van der Waals surface area contributed by atoms with Crippen LogP contribution in [0.25, 0.3) is 0 Å². The second-order valence-electron chi connectivity index (χ2n) is 6.00. The molecule has 0 saturated carbocycles. The third-order valence-corrected chi connectivity index (χ3v) is 5.75. The third kappa shape index (κ3) is 2.34. The van der Waals surface area contributed by atoms with Crippen LogP contribution in [-0.4, -0.2) is 68.3 Å². The molecule has 1 unspecified atom stereocenters. The van der Waals surface area contributed by atoms with Gasteiger partial charge >= 0.3 is 5.97 Å². The molecular formula is C16H15N3O5S. The second-order valence-corrected chi connectivity index (χ2v) is 7.05. The van der Waals surface area contributed by atoms with Gasteiger partial charge in [-0.25, -0.2) is 4.79 Å². The van der Waals surface area contributed by atoms with E-state index < -0.39 is 24.2 Å². The number of hydrogen-bond donors (Lipinski definition) is 1. The van der Waals surface area contributed by atoms with E-state index in [9.17, 15) is 19.5 Å². The molecule has 1 N–H and O–H groups in total. The topological polar surface area (TPSA) is 100 Å². The van der Waals surface area contributed by atoms with Crippen LogP contribution < -0.4 is 0 Å². The van der Waals surface area contributed by atoms with Gasteiger partial charge in [-0.3, -0.25) is 19.5 Å². The van der Waals surface area contributed by atoms with Crippen molar-refractivity contribution in [3.8, 4) is 0 Å². The number of nitrogens with zero attached hydrogens (tertiary/aromatic N) is 3. The molecule has 8 nitrogen and oxygen atoms in total. The molecule has 2 saturated heterocycles. The van der Waals surface area contributed by atoms with Gasteiger partial charge in [0.2, 0.25) is 5.91 Å². The minimum atomic E-state index is -1.15. The average molecular weight is 361 g/mol. The van der Waals surface area contributed by atoms with Crippen LogP contribution in [0.4, 0.5) is 0 Å². The van der Waals surface area contributed by atoms with Crippen LogP contribution in [0.2, 0.25) is 0 Å². The number of thioether (sulfide) groups is 1. The summed E-state index contributed by atoms with van der Waals surface area (Å²) in [6.45, 7) is 1.37. The van der Waals surface area contributed by atoms with Gasteiger partial charge in [-0.15, -0.1) is 11.8 Å². The first kappa shape index (κ1) is 16.1. The maximum atomic E-state index is 12.5. The summed E-state index contributed by atoms with van der Waals surface area (Å²) in [4.78, 5) is 43.5. The maximum Gasteiger partial charge on any atom is 0.352 e. The molecule has 2 amide bonds. The standard InChI is InChI=1S/C16H15N3O5S/c1-8(20)18-7-24-14-10(6-25-9-2-4-17-5-3-9)11(16(22)23)19-12(14)13(18)15(19)21/h2-5,12-14H,6-7H2,1H3,(H,22,23)/t12-,13-,14?/m0/s1. The number of carbonyl (C=O) groups excluding carboxylic acids is 2. The Morgan fingerprint density at radius 2 is 2.12 bits per heavy atom. The quantitative estimate of drug-likeness (QED) is 0.608. The van der Waals surface area contributed by atoms with E-state index in [-0.39, 0.29) is 24.2 Å². The van der Waals surface area contributed by atoms with E-state index in [2.05, 4.69) is 4.98 Å². The van der Waals surface area contributed by atoms with Crippen molar-refractivity contribution in [3.63, 3.8) is 0 Å². The van der Waals surface area contributed by atoms with Crippen molar-refractivity contribution < 1.29 is 24.2 Å². The van der Waals surface area contributed by atoms with Gasteiger partial charge < -0.3 is 14.7 Å². The Kier molecular flexibility index (Phi) is 3.77. The van der Waals surface area contributed by atoms with Crippen LogP contribution in [0.5, 0.6) is 0 Å². The van der Waals surface area contributed by atoms with Crippen LogP contribution in [-0.2, 0) is 19.1 Å². The zero-order chi connectivity index (χ0) is 17.7. The van der Waals surface area contributed by atoms with E-state index in [0.29, 0.717) is 11.3 Å². The lowest BCUT2D eigenvalue weighted by Gasteiger charge is -2.52. The summed E-state index contributed by atoms with van der Waals surface area (Å²) in [7, 11) is 0. The van der Waals surface area contributed by atoms with Gasteiger partial charge in [0, 0.05) is 35.5 Å². The van der Waals surface area contributed by atoms with Crippen LogP contribution in [0.1, 0.15) is 6.92 Å². The van der Waals surface area contributed by atoms with E-state index in [1.165, 1.54) is 28.5 Å². The molecule has 1 aromatic rings. The normalized spacial score (nSPS) is 27.2. The lowest BCUT2D eigenvalue weighted by Crippen LogP contribution is -2.75. The molecule has 0 spiro atoms. The Morgan fingerprint density at radius 3 is 2.76 bits per heavy atom. The largest absolute Gasteiger partial charge is 0.477 e. The highest BCUT2D eigenvalue weighted by atomic mass is 32.2. The number of amides is 2. The highest BCUT2D eigenvalue weighted by Crippen LogP contribution is 2.46. The number of rotatable bonds is 4. The number of carboxylic acid groups (broad SMARTS) is 1. The van der Waals surface area contributed by atoms with Gasteiger partial charge in [0.1, 0.15) is 24.6 Å². The van der Waals surface area contributed by atoms with Gasteiger partial charge in [-0.05, 0) is 12.1 Å². The third-order valence-electron chi connectivity index (χ3n) is 4.69. The van der Waals surface area contributed by atoms with Crippen LogP contribution in [0, 0.1) is 0 Å². The highest BCUT2D eigenvalue weighted by Gasteiger charge is 2.64. The van der Waals surface area contributed by atoms with E-state index in [4.69, 9.17) is 4.74 Å². The number of hydrogen-bond acceptors (Lipinski definition) is 6. The van der Waals surface area contributed by atoms with Crippen LogP contribution >= 0.6 is 11.8 Å². The molecule has 3 aliphatic heterocycles. The number of β-lactam (4-membered cyclic amide) rings is 1. The molecular weight excluding hydrogens is 346 g/mol. The first-order chi connectivity index (χ1) is 12.0. The van der Waals surface area contributed by atoms with Crippen LogP contribution in [0.15, 0.2) is 40.7 Å². The van der Waals surface area contributed by atoms with Crippen molar-refractivity contribution in [2.45, 2.75) is 30.0 Å². The average Bonchev–Trinajstić information content (AvgIpc) is 2.92. The first-order valence-corrected chi connectivity index (χ1v) is 8.70. The van der Waals surface area contributed by atoms with Crippen molar-refractivity contribution in [1.29, 1.82) is 0 Å². The maximum absolute atomic E-state index is 12.5. The molecule has 130 valence electrons. The Balaban J connectivity index is 1.63. The van der Waals surface area contributed by atoms with Gasteiger partial charge in [-0.2, -0.15) is 0 Å². The number of aliphatic carboxylic acids is 1. The minimum absolute atomic E-state index is 0.00291. The zero-order valence-electron chi connectivity index (χ0n) is 13.3. The molecule has 9 heteroatoms. The molecule has 0 aliphatic carbocycles.